The summed E-state index contributed by atoms with van der Waals surface area (Å²) in [6, 6.07) is 10.7. The molecule has 0 aromatic heterocycles. The van der Waals surface area contributed by atoms with E-state index < -0.39 is 0 Å². The van der Waals surface area contributed by atoms with Crippen molar-refractivity contribution in [3.8, 4) is 0 Å². The van der Waals surface area contributed by atoms with Crippen molar-refractivity contribution in [2.24, 2.45) is 10.9 Å². The van der Waals surface area contributed by atoms with Crippen molar-refractivity contribution in [2.45, 2.75) is 155 Å². The molecule has 1 aromatic rings. The van der Waals surface area contributed by atoms with Crippen LogP contribution in [0.4, 0.5) is 0 Å². The van der Waals surface area contributed by atoms with Crippen molar-refractivity contribution in [3.63, 3.8) is 0 Å². The lowest BCUT2D eigenvalue weighted by Gasteiger charge is -2.28. The molecule has 0 amide bonds. The van der Waals surface area contributed by atoms with Crippen LogP contribution < -0.4 is 5.84 Å². The molecule has 1 aliphatic heterocycles. The van der Waals surface area contributed by atoms with Crippen LogP contribution in [0.25, 0.3) is 0 Å². The first kappa shape index (κ1) is 29.7. The fraction of sp³-hybridized carbons (Fsp3) is 0.774. The van der Waals surface area contributed by atoms with E-state index in [2.05, 4.69) is 49.2 Å². The second kappa shape index (κ2) is 19.6. The first-order chi connectivity index (χ1) is 17.3. The van der Waals surface area contributed by atoms with Crippen LogP contribution in [0, 0.1) is 0 Å². The predicted octanol–water partition coefficient (Wildman–Crippen LogP) is 9.16. The Morgan fingerprint density at radius 1 is 0.657 bits per heavy atom. The van der Waals surface area contributed by atoms with Crippen LogP contribution in [0.3, 0.4) is 0 Å². The number of nitrogens with two attached hydrogens (primary N) is 1. The summed E-state index contributed by atoms with van der Waals surface area (Å²) in [4.78, 5) is 0. The van der Waals surface area contributed by atoms with Crippen molar-refractivity contribution >= 4 is 5.84 Å². The minimum atomic E-state index is 0.202. The molecule has 1 aromatic carbocycles. The zero-order valence-corrected chi connectivity index (χ0v) is 23.2. The molecule has 0 spiro atoms. The number of rotatable bonds is 22. The number of hydrazine groups is 1. The number of benzene rings is 1. The van der Waals surface area contributed by atoms with Crippen molar-refractivity contribution in [1.82, 2.24) is 10.0 Å². The summed E-state index contributed by atoms with van der Waals surface area (Å²) in [5.74, 6) is 7.73. The lowest BCUT2D eigenvalue weighted by Crippen LogP contribution is -2.46. The molecule has 1 heterocycles. The maximum absolute atomic E-state index is 6.65. The highest BCUT2D eigenvalue weighted by molar-refractivity contribution is 5.83. The molecule has 0 fully saturated rings. The Bertz CT molecular complexity index is 645. The van der Waals surface area contributed by atoms with E-state index in [1.54, 1.807) is 0 Å². The van der Waals surface area contributed by atoms with Gasteiger partial charge < -0.3 is 0 Å². The Morgan fingerprint density at radius 3 is 1.69 bits per heavy atom. The minimum absolute atomic E-state index is 0.202. The Kier molecular flexibility index (Phi) is 16.6. The largest absolute Gasteiger partial charge is 0.273 e. The Hall–Kier alpha value is -1.55. The summed E-state index contributed by atoms with van der Waals surface area (Å²) in [7, 11) is 0. The fourth-order valence-corrected chi connectivity index (χ4v) is 5.19. The lowest BCUT2D eigenvalue weighted by molar-refractivity contribution is 0.111. The maximum atomic E-state index is 6.65. The zero-order valence-electron chi connectivity index (χ0n) is 23.2. The highest BCUT2D eigenvalue weighted by Crippen LogP contribution is 2.24. The van der Waals surface area contributed by atoms with Crippen LogP contribution in [-0.2, 0) is 6.54 Å². The van der Waals surface area contributed by atoms with Gasteiger partial charge in [-0.15, -0.1) is 0 Å². The number of nitrogens with zero attached hydrogens (tertiary/aromatic N) is 3. The van der Waals surface area contributed by atoms with E-state index in [-0.39, 0.29) is 6.17 Å². The van der Waals surface area contributed by atoms with Crippen LogP contribution in [0.15, 0.2) is 35.4 Å². The molecule has 2 rings (SSSR count). The topological polar surface area (TPSA) is 44.9 Å². The van der Waals surface area contributed by atoms with E-state index in [9.17, 15) is 0 Å². The lowest BCUT2D eigenvalue weighted by atomic mass is 10.1. The number of hydrogen-bond acceptors (Lipinski definition) is 4. The second-order valence-electron chi connectivity index (χ2n) is 10.7. The number of hydrogen-bond donors (Lipinski definition) is 1. The van der Waals surface area contributed by atoms with Gasteiger partial charge in [0.05, 0.1) is 6.54 Å². The molecular weight excluding hydrogens is 428 g/mol. The molecule has 0 aliphatic carbocycles. The molecule has 4 nitrogen and oxygen atoms in total. The van der Waals surface area contributed by atoms with Gasteiger partial charge in [0.15, 0.2) is 0 Å². The van der Waals surface area contributed by atoms with Crippen LogP contribution in [0.2, 0.25) is 0 Å². The normalized spacial score (nSPS) is 15.7. The highest BCUT2D eigenvalue weighted by Gasteiger charge is 2.31. The zero-order chi connectivity index (χ0) is 25.0. The molecule has 1 unspecified atom stereocenters. The highest BCUT2D eigenvalue weighted by atomic mass is 15.7. The van der Waals surface area contributed by atoms with Gasteiger partial charge >= 0.3 is 0 Å². The van der Waals surface area contributed by atoms with E-state index in [0.29, 0.717) is 0 Å². The van der Waals surface area contributed by atoms with Crippen molar-refractivity contribution < 1.29 is 0 Å². The monoisotopic (exact) mass is 484 g/mol. The van der Waals surface area contributed by atoms with Gasteiger partial charge in [-0.3, -0.25) is 10.0 Å². The third kappa shape index (κ3) is 12.8. The van der Waals surface area contributed by atoms with E-state index in [0.717, 1.165) is 25.2 Å². The standard InChI is InChI=1S/C31H56N4/c1-3-5-7-9-11-13-15-17-22-26-30-33-34(28-29-24-20-19-21-25-29)31(35(30)32)27-23-18-16-14-12-10-8-6-4-2/h19-21,24-25,31H,3-18,22-23,26-28,32H2,1-2H3. The van der Waals surface area contributed by atoms with Gasteiger partial charge in [0.25, 0.3) is 0 Å². The third-order valence-electron chi connectivity index (χ3n) is 7.46. The minimum Gasteiger partial charge on any atom is -0.273 e. The van der Waals surface area contributed by atoms with Gasteiger partial charge in [0, 0.05) is 6.42 Å². The van der Waals surface area contributed by atoms with Crippen LogP contribution in [-0.4, -0.2) is 22.0 Å². The average Bonchev–Trinajstić information content (AvgIpc) is 3.16. The summed E-state index contributed by atoms with van der Waals surface area (Å²) in [5.41, 5.74) is 1.31. The summed E-state index contributed by atoms with van der Waals surface area (Å²) >= 11 is 0. The summed E-state index contributed by atoms with van der Waals surface area (Å²) in [6.45, 7) is 5.42. The maximum Gasteiger partial charge on any atom is 0.141 e. The molecule has 1 aliphatic rings. The summed E-state index contributed by atoms with van der Waals surface area (Å²) < 4.78 is 0. The van der Waals surface area contributed by atoms with Crippen molar-refractivity contribution in [3.05, 3.63) is 35.9 Å². The van der Waals surface area contributed by atoms with E-state index in [1.165, 1.54) is 121 Å². The van der Waals surface area contributed by atoms with Gasteiger partial charge in [0.1, 0.15) is 12.0 Å². The molecule has 0 saturated carbocycles. The van der Waals surface area contributed by atoms with Crippen LogP contribution in [0.5, 0.6) is 0 Å². The first-order valence-corrected chi connectivity index (χ1v) is 15.2. The number of amidine groups is 1. The SMILES string of the molecule is CCCCCCCCCCCC1=NN(Cc2ccccc2)C(CCCCCCCCCCC)N1N. The predicted molar refractivity (Wildman–Crippen MR) is 153 cm³/mol. The summed E-state index contributed by atoms with van der Waals surface area (Å²) in [6.07, 6.45) is 26.7. The molecule has 0 bridgehead atoms. The van der Waals surface area contributed by atoms with E-state index in [1.807, 2.05) is 5.01 Å². The average molecular weight is 485 g/mol. The Labute approximate surface area is 217 Å². The molecule has 0 saturated heterocycles. The van der Waals surface area contributed by atoms with Crippen LogP contribution in [0.1, 0.15) is 148 Å². The first-order valence-electron chi connectivity index (χ1n) is 15.2. The molecule has 1 atom stereocenters. The van der Waals surface area contributed by atoms with Crippen molar-refractivity contribution in [2.75, 3.05) is 0 Å². The fourth-order valence-electron chi connectivity index (χ4n) is 5.19. The molecule has 35 heavy (non-hydrogen) atoms. The van der Waals surface area contributed by atoms with Gasteiger partial charge in [-0.25, -0.2) is 5.84 Å². The number of hydrazone groups is 1. The van der Waals surface area contributed by atoms with Crippen molar-refractivity contribution in [1.29, 1.82) is 0 Å². The number of unbranched alkanes of at least 4 members (excludes halogenated alkanes) is 16. The second-order valence-corrected chi connectivity index (χ2v) is 10.7. The molecular formula is C31H56N4. The van der Waals surface area contributed by atoms with Crippen LogP contribution >= 0.6 is 0 Å². The quantitative estimate of drug-likeness (QED) is 0.132. The van der Waals surface area contributed by atoms with Gasteiger partial charge in [-0.1, -0.05) is 147 Å². The van der Waals surface area contributed by atoms with E-state index in [4.69, 9.17) is 10.9 Å². The van der Waals surface area contributed by atoms with Gasteiger partial charge in [0.2, 0.25) is 0 Å². The molecule has 4 heteroatoms. The smallest absolute Gasteiger partial charge is 0.141 e. The summed E-state index contributed by atoms with van der Waals surface area (Å²) in [5, 5.41) is 9.27. The molecule has 200 valence electrons. The molecule has 2 N–H and O–H groups in total. The Balaban J connectivity index is 1.72. The molecule has 0 radical (unpaired) electrons. The Morgan fingerprint density at radius 2 is 1.14 bits per heavy atom. The van der Waals surface area contributed by atoms with Gasteiger partial charge in [-0.2, -0.15) is 5.10 Å². The third-order valence-corrected chi connectivity index (χ3v) is 7.46. The van der Waals surface area contributed by atoms with Gasteiger partial charge in [-0.05, 0) is 24.8 Å². The van der Waals surface area contributed by atoms with E-state index >= 15 is 0 Å².